The highest BCUT2D eigenvalue weighted by Gasteiger charge is 2.14. The van der Waals surface area contributed by atoms with Crippen molar-refractivity contribution in [3.63, 3.8) is 0 Å². The molecule has 0 spiro atoms. The Balaban J connectivity index is 1.76. The first kappa shape index (κ1) is 18.1. The molecule has 4 aromatic rings. The summed E-state index contributed by atoms with van der Waals surface area (Å²) in [5.41, 5.74) is 3.27. The molecule has 0 aliphatic heterocycles. The van der Waals surface area contributed by atoms with Gasteiger partial charge in [-0.05, 0) is 36.8 Å². The van der Waals surface area contributed by atoms with Gasteiger partial charge < -0.3 is 14.8 Å². The Labute approximate surface area is 166 Å². The standard InChI is InChI=1S/C20H18ClN5O2/c1-12-4-5-13(8-16(12)21)26-20-15(10-24-26)19(22-11-23-20)25-17-7-6-14(27-2)9-18(17)28-3/h4-11H,1-3H3,(H,22,23,25). The lowest BCUT2D eigenvalue weighted by Gasteiger charge is -2.12. The van der Waals surface area contributed by atoms with E-state index in [1.54, 1.807) is 31.2 Å². The number of nitrogens with zero attached hydrogens (tertiary/aromatic N) is 4. The number of methoxy groups -OCH3 is 2. The molecule has 0 saturated heterocycles. The van der Waals surface area contributed by atoms with Gasteiger partial charge in [-0.3, -0.25) is 0 Å². The van der Waals surface area contributed by atoms with Crippen LogP contribution in [0.15, 0.2) is 48.9 Å². The second-order valence-corrected chi connectivity index (χ2v) is 6.55. The normalized spacial score (nSPS) is 10.9. The minimum Gasteiger partial charge on any atom is -0.497 e. The third-order valence-electron chi connectivity index (χ3n) is 4.43. The fraction of sp³-hybridized carbons (Fsp3) is 0.150. The number of aryl methyl sites for hydroxylation is 1. The van der Waals surface area contributed by atoms with E-state index in [1.165, 1.54) is 6.33 Å². The van der Waals surface area contributed by atoms with E-state index < -0.39 is 0 Å². The van der Waals surface area contributed by atoms with Gasteiger partial charge in [0.05, 0.1) is 37.2 Å². The van der Waals surface area contributed by atoms with Gasteiger partial charge in [-0.25, -0.2) is 14.6 Å². The third-order valence-corrected chi connectivity index (χ3v) is 4.83. The molecule has 7 nitrogen and oxygen atoms in total. The minimum absolute atomic E-state index is 0.623. The Hall–Kier alpha value is -3.32. The summed E-state index contributed by atoms with van der Waals surface area (Å²) in [5.74, 6) is 1.97. The highest BCUT2D eigenvalue weighted by atomic mass is 35.5. The first-order valence-electron chi connectivity index (χ1n) is 8.55. The maximum atomic E-state index is 6.27. The maximum absolute atomic E-state index is 6.27. The van der Waals surface area contributed by atoms with Crippen molar-refractivity contribution >= 4 is 34.1 Å². The van der Waals surface area contributed by atoms with Crippen molar-refractivity contribution in [1.82, 2.24) is 19.7 Å². The van der Waals surface area contributed by atoms with Gasteiger partial charge in [0.15, 0.2) is 5.65 Å². The molecule has 0 aliphatic rings. The average Bonchev–Trinajstić information content (AvgIpc) is 3.15. The zero-order valence-electron chi connectivity index (χ0n) is 15.6. The van der Waals surface area contributed by atoms with Gasteiger partial charge in [0, 0.05) is 11.1 Å². The second kappa shape index (κ2) is 7.36. The molecule has 0 amide bonds. The molecule has 0 saturated carbocycles. The maximum Gasteiger partial charge on any atom is 0.168 e. The monoisotopic (exact) mass is 395 g/mol. The molecule has 2 aromatic carbocycles. The predicted octanol–water partition coefficient (Wildman–Crippen LogP) is 4.54. The highest BCUT2D eigenvalue weighted by Crippen LogP contribution is 2.33. The molecule has 4 rings (SSSR count). The summed E-state index contributed by atoms with van der Waals surface area (Å²) in [4.78, 5) is 8.77. The van der Waals surface area contributed by atoms with Crippen LogP contribution in [-0.2, 0) is 0 Å². The molecule has 28 heavy (non-hydrogen) atoms. The molecule has 2 aromatic heterocycles. The van der Waals surface area contributed by atoms with Crippen LogP contribution in [0.2, 0.25) is 5.02 Å². The van der Waals surface area contributed by atoms with Gasteiger partial charge in [0.2, 0.25) is 0 Å². The van der Waals surface area contributed by atoms with Crippen molar-refractivity contribution in [2.75, 3.05) is 19.5 Å². The lowest BCUT2D eigenvalue weighted by Crippen LogP contribution is -2.01. The smallest absolute Gasteiger partial charge is 0.168 e. The van der Waals surface area contributed by atoms with Crippen LogP contribution in [0.25, 0.3) is 16.7 Å². The molecule has 0 radical (unpaired) electrons. The number of fused-ring (bicyclic) bond motifs is 1. The van der Waals surface area contributed by atoms with Crippen LogP contribution in [0.4, 0.5) is 11.5 Å². The Bertz CT molecular complexity index is 1160. The van der Waals surface area contributed by atoms with Gasteiger partial charge >= 0.3 is 0 Å². The van der Waals surface area contributed by atoms with Crippen LogP contribution >= 0.6 is 11.6 Å². The number of halogens is 1. The predicted molar refractivity (Wildman–Crippen MR) is 109 cm³/mol. The number of hydrogen-bond donors (Lipinski definition) is 1. The zero-order valence-corrected chi connectivity index (χ0v) is 16.4. The largest absolute Gasteiger partial charge is 0.497 e. The molecule has 142 valence electrons. The summed E-state index contributed by atoms with van der Waals surface area (Å²) in [6, 6.07) is 11.3. The highest BCUT2D eigenvalue weighted by molar-refractivity contribution is 6.31. The van der Waals surface area contributed by atoms with Gasteiger partial charge in [0.1, 0.15) is 23.6 Å². The number of nitrogens with one attached hydrogen (secondary N) is 1. The summed E-state index contributed by atoms with van der Waals surface area (Å²) >= 11 is 6.27. The van der Waals surface area contributed by atoms with Crippen LogP contribution in [0.3, 0.4) is 0 Å². The lowest BCUT2D eigenvalue weighted by atomic mass is 10.2. The SMILES string of the molecule is COc1ccc(Nc2ncnc3c2cnn3-c2ccc(C)c(Cl)c2)c(OC)c1. The van der Waals surface area contributed by atoms with Gasteiger partial charge in [-0.2, -0.15) is 5.10 Å². The van der Waals surface area contributed by atoms with Gasteiger partial charge in [-0.15, -0.1) is 0 Å². The van der Waals surface area contributed by atoms with Gasteiger partial charge in [0.25, 0.3) is 0 Å². The minimum atomic E-state index is 0.623. The van der Waals surface area contributed by atoms with Crippen molar-refractivity contribution in [3.8, 4) is 17.2 Å². The second-order valence-electron chi connectivity index (χ2n) is 6.14. The quantitative estimate of drug-likeness (QED) is 0.534. The van der Waals surface area contributed by atoms with Crippen LogP contribution < -0.4 is 14.8 Å². The fourth-order valence-electron chi connectivity index (χ4n) is 2.88. The molecule has 0 unspecified atom stereocenters. The number of hydrogen-bond acceptors (Lipinski definition) is 6. The average molecular weight is 396 g/mol. The Morgan fingerprint density at radius 2 is 1.89 bits per heavy atom. The van der Waals surface area contributed by atoms with E-state index in [-0.39, 0.29) is 0 Å². The van der Waals surface area contributed by atoms with Crippen molar-refractivity contribution in [2.24, 2.45) is 0 Å². The fourth-order valence-corrected chi connectivity index (χ4v) is 3.05. The van der Waals surface area contributed by atoms with E-state index in [2.05, 4.69) is 20.4 Å². The summed E-state index contributed by atoms with van der Waals surface area (Å²) < 4.78 is 12.4. The molecular weight excluding hydrogens is 378 g/mol. The van der Waals surface area contributed by atoms with Crippen molar-refractivity contribution < 1.29 is 9.47 Å². The number of benzene rings is 2. The van der Waals surface area contributed by atoms with E-state index >= 15 is 0 Å². The molecule has 0 fully saturated rings. The van der Waals surface area contributed by atoms with Crippen LogP contribution in [0.1, 0.15) is 5.56 Å². The number of rotatable bonds is 5. The first-order valence-corrected chi connectivity index (χ1v) is 8.93. The molecule has 1 N–H and O–H groups in total. The van der Waals surface area contributed by atoms with E-state index in [9.17, 15) is 0 Å². The first-order chi connectivity index (χ1) is 13.6. The van der Waals surface area contributed by atoms with E-state index in [0.717, 1.165) is 22.3 Å². The molecule has 0 atom stereocenters. The number of aromatic nitrogens is 4. The molecular formula is C20H18ClN5O2. The third kappa shape index (κ3) is 3.20. The van der Waals surface area contributed by atoms with Crippen molar-refractivity contribution in [2.45, 2.75) is 6.92 Å². The zero-order chi connectivity index (χ0) is 19.7. The molecule has 0 aliphatic carbocycles. The van der Waals surface area contributed by atoms with Crippen LogP contribution in [-0.4, -0.2) is 34.0 Å². The topological polar surface area (TPSA) is 74.1 Å². The summed E-state index contributed by atoms with van der Waals surface area (Å²) in [5, 5.41) is 9.22. The Kier molecular flexibility index (Phi) is 4.75. The van der Waals surface area contributed by atoms with Crippen molar-refractivity contribution in [1.29, 1.82) is 0 Å². The molecule has 2 heterocycles. The Morgan fingerprint density at radius 3 is 2.64 bits per heavy atom. The number of ether oxygens (including phenoxy) is 2. The van der Waals surface area contributed by atoms with Gasteiger partial charge in [-0.1, -0.05) is 17.7 Å². The van der Waals surface area contributed by atoms with Crippen LogP contribution in [0, 0.1) is 6.92 Å². The Morgan fingerprint density at radius 1 is 1.04 bits per heavy atom. The summed E-state index contributed by atoms with van der Waals surface area (Å²) in [6.45, 7) is 1.96. The van der Waals surface area contributed by atoms with E-state index in [1.807, 2.05) is 37.3 Å². The summed E-state index contributed by atoms with van der Waals surface area (Å²) in [6.07, 6.45) is 3.22. The summed E-state index contributed by atoms with van der Waals surface area (Å²) in [7, 11) is 3.22. The molecule has 0 bridgehead atoms. The van der Waals surface area contributed by atoms with Crippen molar-refractivity contribution in [3.05, 3.63) is 59.5 Å². The lowest BCUT2D eigenvalue weighted by molar-refractivity contribution is 0.395. The van der Waals surface area contributed by atoms with E-state index in [0.29, 0.717) is 28.0 Å². The van der Waals surface area contributed by atoms with E-state index in [4.69, 9.17) is 21.1 Å². The van der Waals surface area contributed by atoms with Crippen LogP contribution in [0.5, 0.6) is 11.5 Å². The number of anilines is 2. The molecule has 8 heteroatoms.